The van der Waals surface area contributed by atoms with Crippen LogP contribution in [0.25, 0.3) is 0 Å². The molecule has 68 valence electrons. The lowest BCUT2D eigenvalue weighted by Gasteiger charge is -1.99. The van der Waals surface area contributed by atoms with Gasteiger partial charge in [0.2, 0.25) is 0 Å². The molecule has 0 saturated carbocycles. The van der Waals surface area contributed by atoms with Crippen LogP contribution in [0.2, 0.25) is 0 Å². The Morgan fingerprint density at radius 3 is 3.15 bits per heavy atom. The molecule has 1 N–H and O–H groups in total. The van der Waals surface area contributed by atoms with Gasteiger partial charge in [0.1, 0.15) is 6.26 Å². The van der Waals surface area contributed by atoms with Crippen LogP contribution >= 0.6 is 0 Å². The highest BCUT2D eigenvalue weighted by Crippen LogP contribution is 1.98. The number of hydrogen-bond donors (Lipinski definition) is 1. The minimum Gasteiger partial charge on any atom is -0.472 e. The van der Waals surface area contributed by atoms with Crippen LogP contribution in [0, 0.1) is 11.3 Å². The minimum absolute atomic E-state index is 0.160. The Morgan fingerprint density at radius 2 is 2.54 bits per heavy atom. The van der Waals surface area contributed by atoms with Crippen molar-refractivity contribution in [2.75, 3.05) is 6.54 Å². The van der Waals surface area contributed by atoms with Crippen LogP contribution in [-0.2, 0) is 0 Å². The van der Waals surface area contributed by atoms with Crippen molar-refractivity contribution >= 4 is 5.91 Å². The largest absolute Gasteiger partial charge is 0.472 e. The molecule has 0 aliphatic carbocycles. The molecular formula is C9H10N2O2. The summed E-state index contributed by atoms with van der Waals surface area (Å²) in [4.78, 5) is 11.2. The summed E-state index contributed by atoms with van der Waals surface area (Å²) in [5.74, 6) is -0.160. The van der Waals surface area contributed by atoms with Gasteiger partial charge in [0, 0.05) is 13.0 Å². The summed E-state index contributed by atoms with van der Waals surface area (Å²) in [7, 11) is 0. The molecule has 13 heavy (non-hydrogen) atoms. The maximum absolute atomic E-state index is 11.2. The second kappa shape index (κ2) is 4.99. The van der Waals surface area contributed by atoms with Gasteiger partial charge in [-0.25, -0.2) is 0 Å². The Morgan fingerprint density at radius 1 is 1.69 bits per heavy atom. The fraction of sp³-hybridized carbons (Fsp3) is 0.333. The minimum atomic E-state index is -0.160. The van der Waals surface area contributed by atoms with E-state index in [-0.39, 0.29) is 5.91 Å². The molecule has 0 unspecified atom stereocenters. The first kappa shape index (κ1) is 9.33. The SMILES string of the molecule is N#CCCCNC(=O)c1ccoc1. The Kier molecular flexibility index (Phi) is 3.58. The molecule has 0 atom stereocenters. The number of rotatable bonds is 4. The van der Waals surface area contributed by atoms with Crippen LogP contribution in [0.15, 0.2) is 23.0 Å². The summed E-state index contributed by atoms with van der Waals surface area (Å²) in [5, 5.41) is 10.9. The molecular weight excluding hydrogens is 168 g/mol. The summed E-state index contributed by atoms with van der Waals surface area (Å²) < 4.78 is 4.75. The van der Waals surface area contributed by atoms with Gasteiger partial charge in [-0.1, -0.05) is 0 Å². The van der Waals surface area contributed by atoms with Gasteiger partial charge < -0.3 is 9.73 Å². The van der Waals surface area contributed by atoms with E-state index in [1.54, 1.807) is 6.07 Å². The Labute approximate surface area is 76.2 Å². The zero-order valence-electron chi connectivity index (χ0n) is 7.12. The number of carbonyl (C=O) groups is 1. The van der Waals surface area contributed by atoms with E-state index in [2.05, 4.69) is 5.32 Å². The topological polar surface area (TPSA) is 66.0 Å². The number of nitrogens with zero attached hydrogens (tertiary/aromatic N) is 1. The van der Waals surface area contributed by atoms with Gasteiger partial charge >= 0.3 is 0 Å². The maximum atomic E-state index is 11.2. The zero-order chi connectivity index (χ0) is 9.52. The van der Waals surface area contributed by atoms with Crippen molar-refractivity contribution in [3.8, 4) is 6.07 Å². The van der Waals surface area contributed by atoms with E-state index in [0.717, 1.165) is 0 Å². The third kappa shape index (κ3) is 2.99. The summed E-state index contributed by atoms with van der Waals surface area (Å²) in [6.07, 6.45) is 3.98. The summed E-state index contributed by atoms with van der Waals surface area (Å²) in [6, 6.07) is 3.60. The number of unbranched alkanes of at least 4 members (excludes halogenated alkanes) is 1. The maximum Gasteiger partial charge on any atom is 0.254 e. The van der Waals surface area contributed by atoms with Crippen molar-refractivity contribution in [3.63, 3.8) is 0 Å². The molecule has 0 aromatic carbocycles. The standard InChI is InChI=1S/C9H10N2O2/c10-4-1-2-5-11-9(12)8-3-6-13-7-8/h3,6-7H,1-2,5H2,(H,11,12). The predicted molar refractivity (Wildman–Crippen MR) is 45.9 cm³/mol. The van der Waals surface area contributed by atoms with Crippen LogP contribution in [0.1, 0.15) is 23.2 Å². The van der Waals surface area contributed by atoms with Gasteiger partial charge in [-0.15, -0.1) is 0 Å². The summed E-state index contributed by atoms with van der Waals surface area (Å²) in [5.41, 5.74) is 0.511. The lowest BCUT2D eigenvalue weighted by atomic mass is 10.3. The molecule has 1 rings (SSSR count). The lowest BCUT2D eigenvalue weighted by Crippen LogP contribution is -2.23. The molecule has 1 aromatic rings. The van der Waals surface area contributed by atoms with E-state index in [4.69, 9.17) is 9.68 Å². The van der Waals surface area contributed by atoms with E-state index in [1.165, 1.54) is 12.5 Å². The highest BCUT2D eigenvalue weighted by molar-refractivity contribution is 5.93. The van der Waals surface area contributed by atoms with Crippen molar-refractivity contribution in [2.24, 2.45) is 0 Å². The second-order valence-electron chi connectivity index (χ2n) is 2.53. The quantitative estimate of drug-likeness (QED) is 0.707. The van der Waals surface area contributed by atoms with E-state index >= 15 is 0 Å². The molecule has 1 heterocycles. The van der Waals surface area contributed by atoms with Crippen molar-refractivity contribution < 1.29 is 9.21 Å². The molecule has 4 heteroatoms. The molecule has 1 amide bonds. The first-order valence-corrected chi connectivity index (χ1v) is 4.02. The molecule has 0 aliphatic rings. The number of nitrogens with one attached hydrogen (secondary N) is 1. The van der Waals surface area contributed by atoms with Crippen molar-refractivity contribution in [3.05, 3.63) is 24.2 Å². The zero-order valence-corrected chi connectivity index (χ0v) is 7.12. The van der Waals surface area contributed by atoms with Gasteiger partial charge in [0.05, 0.1) is 17.9 Å². The van der Waals surface area contributed by atoms with Gasteiger partial charge in [-0.2, -0.15) is 5.26 Å². The third-order valence-electron chi connectivity index (χ3n) is 1.53. The smallest absolute Gasteiger partial charge is 0.254 e. The first-order chi connectivity index (χ1) is 6.34. The number of nitriles is 1. The molecule has 0 bridgehead atoms. The molecule has 0 saturated heterocycles. The van der Waals surface area contributed by atoms with Crippen LogP contribution in [-0.4, -0.2) is 12.5 Å². The van der Waals surface area contributed by atoms with Crippen LogP contribution in [0.5, 0.6) is 0 Å². The average Bonchev–Trinajstić information content (AvgIpc) is 2.65. The van der Waals surface area contributed by atoms with Crippen molar-refractivity contribution in [1.29, 1.82) is 5.26 Å². The number of amides is 1. The first-order valence-electron chi connectivity index (χ1n) is 4.02. The lowest BCUT2D eigenvalue weighted by molar-refractivity contribution is 0.0952. The number of furan rings is 1. The monoisotopic (exact) mass is 178 g/mol. The fourth-order valence-corrected chi connectivity index (χ4v) is 0.865. The van der Waals surface area contributed by atoms with E-state index in [9.17, 15) is 4.79 Å². The second-order valence-corrected chi connectivity index (χ2v) is 2.53. The van der Waals surface area contributed by atoms with Gasteiger partial charge in [0.15, 0.2) is 0 Å². The van der Waals surface area contributed by atoms with Crippen LogP contribution in [0.3, 0.4) is 0 Å². The number of carbonyl (C=O) groups excluding carboxylic acids is 1. The van der Waals surface area contributed by atoms with Crippen molar-refractivity contribution in [1.82, 2.24) is 5.32 Å². The van der Waals surface area contributed by atoms with Crippen LogP contribution < -0.4 is 5.32 Å². The molecule has 1 aromatic heterocycles. The highest BCUT2D eigenvalue weighted by atomic mass is 16.3. The van der Waals surface area contributed by atoms with E-state index < -0.39 is 0 Å². The molecule has 0 spiro atoms. The molecule has 0 fully saturated rings. The molecule has 0 aliphatic heterocycles. The predicted octanol–water partition coefficient (Wildman–Crippen LogP) is 1.31. The van der Waals surface area contributed by atoms with Crippen molar-refractivity contribution in [2.45, 2.75) is 12.8 Å². The molecule has 0 radical (unpaired) electrons. The summed E-state index contributed by atoms with van der Waals surface area (Å²) in [6.45, 7) is 0.525. The molecule has 4 nitrogen and oxygen atoms in total. The van der Waals surface area contributed by atoms with E-state index in [1.807, 2.05) is 6.07 Å². The Hall–Kier alpha value is -1.76. The van der Waals surface area contributed by atoms with E-state index in [0.29, 0.717) is 24.9 Å². The Balaban J connectivity index is 2.24. The van der Waals surface area contributed by atoms with Crippen LogP contribution in [0.4, 0.5) is 0 Å². The highest BCUT2D eigenvalue weighted by Gasteiger charge is 2.04. The van der Waals surface area contributed by atoms with Gasteiger partial charge in [-0.3, -0.25) is 4.79 Å². The normalized spacial score (nSPS) is 9.15. The van der Waals surface area contributed by atoms with Gasteiger partial charge in [-0.05, 0) is 12.5 Å². The fourth-order valence-electron chi connectivity index (χ4n) is 0.865. The van der Waals surface area contributed by atoms with Gasteiger partial charge in [0.25, 0.3) is 5.91 Å². The third-order valence-corrected chi connectivity index (χ3v) is 1.53. The Bertz CT molecular complexity index is 298. The summed E-state index contributed by atoms with van der Waals surface area (Å²) >= 11 is 0. The number of hydrogen-bond acceptors (Lipinski definition) is 3. The average molecular weight is 178 g/mol.